The molecule has 0 aliphatic carbocycles. The van der Waals surface area contributed by atoms with Gasteiger partial charge in [0.05, 0.1) is 0 Å². The first-order valence-electron chi connectivity index (χ1n) is 1.80. The molecule has 0 atom stereocenters. The second-order valence-corrected chi connectivity index (χ2v) is 1.07. The van der Waals surface area contributed by atoms with Crippen LogP contribution in [0.25, 0.3) is 0 Å². The van der Waals surface area contributed by atoms with Crippen molar-refractivity contribution in [2.75, 3.05) is 0 Å². The maximum absolute atomic E-state index is 9.78. The second kappa shape index (κ2) is 3.56. The number of carbonyl (C=O) groups excluding carboxylic acids is 1. The van der Waals surface area contributed by atoms with Gasteiger partial charge < -0.3 is 9.89 Å². The molecule has 0 unspecified atom stereocenters. The van der Waals surface area contributed by atoms with E-state index in [9.17, 15) is 4.79 Å². The molecule has 1 N–H and O–H groups in total. The number of nitrogens with zero attached hydrogens (tertiary/aromatic N) is 1. The van der Waals surface area contributed by atoms with Gasteiger partial charge in [-0.25, -0.2) is 0 Å². The standard InChI is InChI=1S/C4H3N2O.W/c7-3-4-1-5-6-2-4;/h1,3H,(H,5,6);/q-1;. The van der Waals surface area contributed by atoms with Crippen LogP contribution in [0.2, 0.25) is 0 Å². The summed E-state index contributed by atoms with van der Waals surface area (Å²) in [5.41, 5.74) is 0.458. The molecule has 1 aromatic heterocycles. The summed E-state index contributed by atoms with van der Waals surface area (Å²) in [6, 6.07) is 0. The Labute approximate surface area is 60.7 Å². The number of nitrogens with one attached hydrogen (secondary N) is 1. The monoisotopic (exact) mass is 279 g/mol. The topological polar surface area (TPSA) is 45.8 Å². The van der Waals surface area contributed by atoms with Gasteiger partial charge in [-0.2, -0.15) is 0 Å². The Bertz CT molecular complexity index is 149. The molecule has 0 aliphatic heterocycles. The number of rotatable bonds is 1. The quantitative estimate of drug-likeness (QED) is 0.582. The summed E-state index contributed by atoms with van der Waals surface area (Å²) in [5, 5.41) is 5.86. The first-order chi connectivity index (χ1) is 3.43. The van der Waals surface area contributed by atoms with E-state index < -0.39 is 0 Å². The van der Waals surface area contributed by atoms with Crippen LogP contribution in [0, 0.1) is 6.20 Å². The molecule has 1 aromatic rings. The van der Waals surface area contributed by atoms with Crippen molar-refractivity contribution in [3.05, 3.63) is 18.0 Å². The first-order valence-corrected chi connectivity index (χ1v) is 1.80. The number of H-pyrrole nitrogens is 1. The van der Waals surface area contributed by atoms with Crippen LogP contribution in [0.4, 0.5) is 0 Å². The van der Waals surface area contributed by atoms with Gasteiger partial charge in [0, 0.05) is 27.4 Å². The van der Waals surface area contributed by atoms with Gasteiger partial charge in [-0.1, -0.05) is 6.20 Å². The summed E-state index contributed by atoms with van der Waals surface area (Å²) >= 11 is 0. The molecule has 1 heterocycles. The minimum absolute atomic E-state index is 0. The molecule has 0 saturated carbocycles. The minimum atomic E-state index is 0. The molecule has 0 radical (unpaired) electrons. The van der Waals surface area contributed by atoms with Crippen molar-refractivity contribution in [2.24, 2.45) is 0 Å². The largest absolute Gasteiger partial charge is 0.374 e. The molecule has 4 heteroatoms. The zero-order valence-corrected chi connectivity index (χ0v) is 6.85. The maximum Gasteiger partial charge on any atom is 0.0396 e. The first kappa shape index (κ1) is 7.57. The SMILES string of the molecule is O=Cc1[c-]n[nH]c1.[W]. The number of hydrogen-bond donors (Lipinski definition) is 1. The van der Waals surface area contributed by atoms with Gasteiger partial charge >= 0.3 is 0 Å². The third-order valence-corrected chi connectivity index (χ3v) is 0.597. The maximum atomic E-state index is 9.78. The smallest absolute Gasteiger partial charge is 0.0396 e. The van der Waals surface area contributed by atoms with E-state index in [1.807, 2.05) is 0 Å². The number of aromatic nitrogens is 2. The Balaban J connectivity index is 0.000000490. The predicted molar refractivity (Wildman–Crippen MR) is 22.8 cm³/mol. The summed E-state index contributed by atoms with van der Waals surface area (Å²) in [5.74, 6) is 0. The van der Waals surface area contributed by atoms with E-state index in [1.54, 1.807) is 0 Å². The Morgan fingerprint density at radius 3 is 2.88 bits per heavy atom. The van der Waals surface area contributed by atoms with Crippen molar-refractivity contribution in [1.29, 1.82) is 0 Å². The third kappa shape index (κ3) is 1.58. The van der Waals surface area contributed by atoms with E-state index in [2.05, 4.69) is 16.4 Å². The van der Waals surface area contributed by atoms with E-state index >= 15 is 0 Å². The summed E-state index contributed by atoms with van der Waals surface area (Å²) in [6.07, 6.45) is 4.58. The minimum Gasteiger partial charge on any atom is -0.374 e. The molecule has 0 amide bonds. The molecule has 0 aliphatic rings. The Hall–Kier alpha value is -0.432. The van der Waals surface area contributed by atoms with Gasteiger partial charge in [0.15, 0.2) is 0 Å². The summed E-state index contributed by atoms with van der Waals surface area (Å²) in [4.78, 5) is 9.78. The molecule has 0 spiro atoms. The summed E-state index contributed by atoms with van der Waals surface area (Å²) in [7, 11) is 0. The normalized spacial score (nSPS) is 7.50. The Morgan fingerprint density at radius 2 is 2.62 bits per heavy atom. The molecule has 0 aromatic carbocycles. The van der Waals surface area contributed by atoms with Crippen LogP contribution in [-0.4, -0.2) is 16.5 Å². The molecule has 3 nitrogen and oxygen atoms in total. The van der Waals surface area contributed by atoms with Crippen molar-refractivity contribution in [2.45, 2.75) is 0 Å². The number of carbonyl (C=O) groups is 1. The Kier molecular flexibility index (Phi) is 3.36. The summed E-state index contributed by atoms with van der Waals surface area (Å²) < 4.78 is 0. The van der Waals surface area contributed by atoms with E-state index in [1.165, 1.54) is 6.20 Å². The van der Waals surface area contributed by atoms with Gasteiger partial charge in [0.1, 0.15) is 0 Å². The summed E-state index contributed by atoms with van der Waals surface area (Å²) in [6.45, 7) is 0. The molecule has 0 bridgehead atoms. The van der Waals surface area contributed by atoms with Crippen LogP contribution in [-0.2, 0) is 21.1 Å². The van der Waals surface area contributed by atoms with Gasteiger partial charge in [0.2, 0.25) is 0 Å². The molecular weight excluding hydrogens is 276 g/mol. The van der Waals surface area contributed by atoms with E-state index in [0.29, 0.717) is 11.8 Å². The fourth-order valence-electron chi connectivity index (χ4n) is 0.291. The zero-order chi connectivity index (χ0) is 5.11. The third-order valence-electron chi connectivity index (χ3n) is 0.597. The van der Waals surface area contributed by atoms with Gasteiger partial charge in [-0.05, 0) is 6.20 Å². The van der Waals surface area contributed by atoms with Crippen molar-refractivity contribution in [1.82, 2.24) is 10.2 Å². The molecular formula is C4H3N2OW-. The zero-order valence-electron chi connectivity index (χ0n) is 3.92. The van der Waals surface area contributed by atoms with E-state index in [4.69, 9.17) is 0 Å². The van der Waals surface area contributed by atoms with Crippen molar-refractivity contribution >= 4 is 6.29 Å². The van der Waals surface area contributed by atoms with Crippen molar-refractivity contribution in [3.63, 3.8) is 0 Å². The fourth-order valence-corrected chi connectivity index (χ4v) is 0.291. The van der Waals surface area contributed by atoms with Gasteiger partial charge in [-0.3, -0.25) is 5.10 Å². The Morgan fingerprint density at radius 1 is 1.88 bits per heavy atom. The molecule has 42 valence electrons. The number of aromatic amines is 1. The van der Waals surface area contributed by atoms with Crippen LogP contribution in [0.1, 0.15) is 10.4 Å². The fraction of sp³-hybridized carbons (Fsp3) is 0. The average Bonchev–Trinajstić information content (AvgIpc) is 2.14. The van der Waals surface area contributed by atoms with Crippen LogP contribution < -0.4 is 0 Å². The van der Waals surface area contributed by atoms with Crippen molar-refractivity contribution < 1.29 is 25.9 Å². The van der Waals surface area contributed by atoms with Gasteiger partial charge in [-0.15, -0.1) is 5.56 Å². The number of hydrogen-bond acceptors (Lipinski definition) is 2. The van der Waals surface area contributed by atoms with E-state index in [0.717, 1.165) is 0 Å². The number of aldehydes is 1. The van der Waals surface area contributed by atoms with Crippen LogP contribution in [0.15, 0.2) is 6.20 Å². The van der Waals surface area contributed by atoms with Crippen LogP contribution >= 0.6 is 0 Å². The molecule has 8 heavy (non-hydrogen) atoms. The van der Waals surface area contributed by atoms with Crippen molar-refractivity contribution in [3.8, 4) is 0 Å². The molecule has 0 saturated heterocycles. The van der Waals surface area contributed by atoms with Crippen LogP contribution in [0.3, 0.4) is 0 Å². The predicted octanol–water partition coefficient (Wildman–Crippen LogP) is 0.0199. The van der Waals surface area contributed by atoms with E-state index in [-0.39, 0.29) is 21.1 Å². The second-order valence-electron chi connectivity index (χ2n) is 1.07. The van der Waals surface area contributed by atoms with Gasteiger partial charge in [0.25, 0.3) is 0 Å². The van der Waals surface area contributed by atoms with Crippen LogP contribution in [0.5, 0.6) is 0 Å². The molecule has 1 rings (SSSR count). The average molecular weight is 279 g/mol. The molecule has 0 fully saturated rings.